The summed E-state index contributed by atoms with van der Waals surface area (Å²) >= 11 is 0. The van der Waals surface area contributed by atoms with Gasteiger partial charge in [0, 0.05) is 19.7 Å². The molecule has 1 aromatic rings. The number of aromatic nitrogens is 2. The number of aliphatic hydroxyl groups is 1. The van der Waals surface area contributed by atoms with Gasteiger partial charge in [-0.15, -0.1) is 0 Å². The standard InChI is InChI=1S/C12H17F3N2O/c1-17-6-4-10(16-17)8-11(18)5-2-3-9(7-11)12(13,14)15/h4,6,9,18H,2-3,5,7-8H2,1H3. The minimum atomic E-state index is -4.21. The first-order chi connectivity index (χ1) is 8.28. The van der Waals surface area contributed by atoms with Crippen LogP contribution in [0.15, 0.2) is 12.3 Å². The molecule has 0 bridgehead atoms. The van der Waals surface area contributed by atoms with Gasteiger partial charge in [0.1, 0.15) is 0 Å². The van der Waals surface area contributed by atoms with Crippen molar-refractivity contribution in [2.24, 2.45) is 13.0 Å². The number of rotatable bonds is 2. The average molecular weight is 262 g/mol. The molecule has 1 aromatic heterocycles. The molecule has 0 radical (unpaired) electrons. The lowest BCUT2D eigenvalue weighted by atomic mass is 9.75. The number of halogens is 3. The normalized spacial score (nSPS) is 29.5. The fourth-order valence-electron chi connectivity index (χ4n) is 2.67. The van der Waals surface area contributed by atoms with Gasteiger partial charge in [0.05, 0.1) is 17.2 Å². The highest BCUT2D eigenvalue weighted by Crippen LogP contribution is 2.42. The third-order valence-corrected chi connectivity index (χ3v) is 3.56. The number of hydrogen-bond acceptors (Lipinski definition) is 2. The summed E-state index contributed by atoms with van der Waals surface area (Å²) in [6.07, 6.45) is -1.56. The van der Waals surface area contributed by atoms with Gasteiger partial charge in [-0.1, -0.05) is 0 Å². The van der Waals surface area contributed by atoms with Gasteiger partial charge in [-0.3, -0.25) is 4.68 Å². The van der Waals surface area contributed by atoms with Crippen molar-refractivity contribution in [1.82, 2.24) is 9.78 Å². The molecule has 3 nitrogen and oxygen atoms in total. The number of nitrogens with zero attached hydrogens (tertiary/aromatic N) is 2. The van der Waals surface area contributed by atoms with Crippen LogP contribution in [-0.4, -0.2) is 26.7 Å². The Morgan fingerprint density at radius 2 is 2.28 bits per heavy atom. The van der Waals surface area contributed by atoms with Gasteiger partial charge < -0.3 is 5.11 Å². The summed E-state index contributed by atoms with van der Waals surface area (Å²) in [5.41, 5.74) is -0.630. The molecule has 0 amide bonds. The molecular formula is C12H17F3N2O. The molecule has 102 valence electrons. The van der Waals surface area contributed by atoms with E-state index in [0.717, 1.165) is 0 Å². The molecule has 0 saturated heterocycles. The van der Waals surface area contributed by atoms with Crippen LogP contribution in [-0.2, 0) is 13.5 Å². The highest BCUT2D eigenvalue weighted by atomic mass is 19.4. The molecule has 1 fully saturated rings. The first kappa shape index (κ1) is 13.4. The lowest BCUT2D eigenvalue weighted by molar-refractivity contribution is -0.200. The van der Waals surface area contributed by atoms with Gasteiger partial charge in [-0.05, 0) is 31.7 Å². The van der Waals surface area contributed by atoms with Crippen molar-refractivity contribution >= 4 is 0 Å². The Bertz CT molecular complexity index is 416. The molecular weight excluding hydrogens is 245 g/mol. The smallest absolute Gasteiger partial charge is 0.389 e. The van der Waals surface area contributed by atoms with Crippen LogP contribution in [0.3, 0.4) is 0 Å². The maximum absolute atomic E-state index is 12.7. The minimum absolute atomic E-state index is 0.119. The van der Waals surface area contributed by atoms with Crippen LogP contribution >= 0.6 is 0 Å². The van der Waals surface area contributed by atoms with Gasteiger partial charge >= 0.3 is 6.18 Å². The number of alkyl halides is 3. The predicted molar refractivity (Wildman–Crippen MR) is 59.9 cm³/mol. The molecule has 1 saturated carbocycles. The lowest BCUT2D eigenvalue weighted by Crippen LogP contribution is -2.42. The van der Waals surface area contributed by atoms with E-state index in [2.05, 4.69) is 5.10 Å². The van der Waals surface area contributed by atoms with Crippen molar-refractivity contribution < 1.29 is 18.3 Å². The van der Waals surface area contributed by atoms with Gasteiger partial charge in [-0.2, -0.15) is 18.3 Å². The first-order valence-electron chi connectivity index (χ1n) is 6.06. The number of aryl methyl sites for hydroxylation is 1. The van der Waals surface area contributed by atoms with E-state index in [1.54, 1.807) is 24.0 Å². The second-order valence-corrected chi connectivity index (χ2v) is 5.22. The van der Waals surface area contributed by atoms with E-state index in [0.29, 0.717) is 18.5 Å². The van der Waals surface area contributed by atoms with E-state index < -0.39 is 17.7 Å². The van der Waals surface area contributed by atoms with Crippen LogP contribution < -0.4 is 0 Å². The Morgan fingerprint density at radius 1 is 1.56 bits per heavy atom. The number of hydrogen-bond donors (Lipinski definition) is 1. The van der Waals surface area contributed by atoms with Crippen molar-refractivity contribution in [2.75, 3.05) is 0 Å². The van der Waals surface area contributed by atoms with E-state index >= 15 is 0 Å². The summed E-state index contributed by atoms with van der Waals surface area (Å²) in [4.78, 5) is 0. The maximum Gasteiger partial charge on any atom is 0.391 e. The average Bonchev–Trinajstić information content (AvgIpc) is 2.62. The van der Waals surface area contributed by atoms with Gasteiger partial charge in [0.15, 0.2) is 0 Å². The quantitative estimate of drug-likeness (QED) is 0.889. The van der Waals surface area contributed by atoms with Crippen LogP contribution in [0.4, 0.5) is 13.2 Å². The largest absolute Gasteiger partial charge is 0.391 e. The van der Waals surface area contributed by atoms with Crippen molar-refractivity contribution in [3.63, 3.8) is 0 Å². The van der Waals surface area contributed by atoms with E-state index in [1.807, 2.05) is 0 Å². The van der Waals surface area contributed by atoms with Crippen molar-refractivity contribution in [2.45, 2.75) is 43.9 Å². The molecule has 0 aromatic carbocycles. The zero-order valence-electron chi connectivity index (χ0n) is 10.2. The van der Waals surface area contributed by atoms with E-state index in [1.165, 1.54) is 0 Å². The Kier molecular flexibility index (Phi) is 3.40. The molecule has 6 heteroatoms. The van der Waals surface area contributed by atoms with Gasteiger partial charge in [0.2, 0.25) is 0 Å². The Balaban J connectivity index is 2.06. The van der Waals surface area contributed by atoms with Crippen molar-refractivity contribution in [3.8, 4) is 0 Å². The van der Waals surface area contributed by atoms with Gasteiger partial charge in [-0.25, -0.2) is 0 Å². The van der Waals surface area contributed by atoms with Crippen molar-refractivity contribution in [3.05, 3.63) is 18.0 Å². The molecule has 2 unspecified atom stereocenters. The molecule has 1 aliphatic carbocycles. The summed E-state index contributed by atoms with van der Waals surface area (Å²) in [6.45, 7) is 0. The third-order valence-electron chi connectivity index (χ3n) is 3.56. The molecule has 1 heterocycles. The summed E-state index contributed by atoms with van der Waals surface area (Å²) in [6, 6.07) is 1.73. The second-order valence-electron chi connectivity index (χ2n) is 5.22. The molecule has 0 spiro atoms. The monoisotopic (exact) mass is 262 g/mol. The Morgan fingerprint density at radius 3 is 2.83 bits per heavy atom. The maximum atomic E-state index is 12.7. The summed E-state index contributed by atoms with van der Waals surface area (Å²) in [5, 5.41) is 14.4. The van der Waals surface area contributed by atoms with E-state index in [9.17, 15) is 18.3 Å². The zero-order chi connectivity index (χ0) is 13.4. The topological polar surface area (TPSA) is 38.0 Å². The second kappa shape index (κ2) is 4.57. The molecule has 1 aliphatic rings. The molecule has 0 aliphatic heterocycles. The minimum Gasteiger partial charge on any atom is -0.389 e. The van der Waals surface area contributed by atoms with Crippen LogP contribution in [0.2, 0.25) is 0 Å². The Labute approximate surface area is 104 Å². The summed E-state index contributed by atoms with van der Waals surface area (Å²) < 4.78 is 39.7. The van der Waals surface area contributed by atoms with Crippen molar-refractivity contribution in [1.29, 1.82) is 0 Å². The third kappa shape index (κ3) is 3.04. The summed E-state index contributed by atoms with van der Waals surface area (Å²) in [7, 11) is 1.74. The van der Waals surface area contributed by atoms with E-state index in [4.69, 9.17) is 0 Å². The van der Waals surface area contributed by atoms with Crippen LogP contribution in [0.1, 0.15) is 31.4 Å². The lowest BCUT2D eigenvalue weighted by Gasteiger charge is -2.37. The summed E-state index contributed by atoms with van der Waals surface area (Å²) in [5.74, 6) is -1.39. The predicted octanol–water partition coefficient (Wildman–Crippen LogP) is 2.45. The van der Waals surface area contributed by atoms with Gasteiger partial charge in [0.25, 0.3) is 0 Å². The van der Waals surface area contributed by atoms with Crippen LogP contribution in [0, 0.1) is 5.92 Å². The molecule has 1 N–H and O–H groups in total. The molecule has 2 atom stereocenters. The SMILES string of the molecule is Cn1ccc(CC2(O)CCCC(C(F)(F)F)C2)n1. The highest BCUT2D eigenvalue weighted by molar-refractivity contribution is 5.05. The van der Waals surface area contributed by atoms with E-state index in [-0.39, 0.29) is 19.3 Å². The van der Waals surface area contributed by atoms with Crippen LogP contribution in [0.25, 0.3) is 0 Å². The fourth-order valence-corrected chi connectivity index (χ4v) is 2.67. The Hall–Kier alpha value is -1.04. The highest BCUT2D eigenvalue weighted by Gasteiger charge is 2.47. The first-order valence-corrected chi connectivity index (χ1v) is 6.06. The molecule has 18 heavy (non-hydrogen) atoms. The fraction of sp³-hybridized carbons (Fsp3) is 0.750. The van der Waals surface area contributed by atoms with Crippen LogP contribution in [0.5, 0.6) is 0 Å². The molecule has 2 rings (SSSR count). The zero-order valence-corrected chi connectivity index (χ0v) is 10.2.